The summed E-state index contributed by atoms with van der Waals surface area (Å²) in [6, 6.07) is 1.43. The first-order valence-corrected chi connectivity index (χ1v) is 10.2. The molecule has 0 aliphatic carbocycles. The number of hydrogen-bond donors (Lipinski definition) is 1. The maximum absolute atomic E-state index is 15.0. The molecule has 4 heterocycles. The fraction of sp³-hybridized carbons (Fsp3) is 0.524. The van der Waals surface area contributed by atoms with E-state index in [1.165, 1.54) is 12.1 Å². The van der Waals surface area contributed by atoms with Gasteiger partial charge in [0.05, 0.1) is 29.5 Å². The van der Waals surface area contributed by atoms with Crippen molar-refractivity contribution in [2.45, 2.75) is 44.8 Å². The Balaban J connectivity index is 1.50. The van der Waals surface area contributed by atoms with Crippen molar-refractivity contribution in [2.24, 2.45) is 5.41 Å². The Labute approximate surface area is 172 Å². The first kappa shape index (κ1) is 19.2. The van der Waals surface area contributed by atoms with Crippen LogP contribution in [0.25, 0.3) is 0 Å². The Bertz CT molecular complexity index is 995. The fourth-order valence-corrected chi connectivity index (χ4v) is 5.28. The number of halogens is 1. The summed E-state index contributed by atoms with van der Waals surface area (Å²) in [5.74, 6) is -2.99. The van der Waals surface area contributed by atoms with E-state index in [1.807, 2.05) is 11.8 Å². The second-order valence-corrected chi connectivity index (χ2v) is 8.76. The van der Waals surface area contributed by atoms with Crippen molar-refractivity contribution >= 4 is 29.3 Å². The number of nitrogens with one attached hydrogen (secondary N) is 1. The van der Waals surface area contributed by atoms with Crippen molar-refractivity contribution in [3.8, 4) is 0 Å². The highest BCUT2D eigenvalue weighted by atomic mass is 19.1. The van der Waals surface area contributed by atoms with Crippen LogP contribution in [-0.4, -0.2) is 60.4 Å². The number of anilines is 1. The van der Waals surface area contributed by atoms with E-state index in [4.69, 9.17) is 4.74 Å². The molecule has 4 aliphatic heterocycles. The van der Waals surface area contributed by atoms with E-state index in [2.05, 4.69) is 5.32 Å². The number of carbonyl (C=O) groups is 4. The van der Waals surface area contributed by atoms with E-state index in [9.17, 15) is 23.6 Å². The molecular formula is C21H22FN3O5. The summed E-state index contributed by atoms with van der Waals surface area (Å²) in [4.78, 5) is 52.7. The highest BCUT2D eigenvalue weighted by Gasteiger charge is 2.49. The molecule has 8 nitrogen and oxygen atoms in total. The summed E-state index contributed by atoms with van der Waals surface area (Å²) in [6.45, 7) is 3.71. The van der Waals surface area contributed by atoms with Gasteiger partial charge in [0.1, 0.15) is 11.9 Å². The molecule has 1 aromatic rings. The summed E-state index contributed by atoms with van der Waals surface area (Å²) < 4.78 is 20.7. The van der Waals surface area contributed by atoms with E-state index < -0.39 is 35.5 Å². The number of imide groups is 2. The average molecular weight is 415 g/mol. The number of benzene rings is 1. The molecule has 158 valence electrons. The van der Waals surface area contributed by atoms with Crippen LogP contribution in [-0.2, 0) is 14.3 Å². The van der Waals surface area contributed by atoms with E-state index in [-0.39, 0.29) is 41.2 Å². The molecule has 4 amide bonds. The zero-order chi connectivity index (χ0) is 21.2. The van der Waals surface area contributed by atoms with Gasteiger partial charge in [0.15, 0.2) is 0 Å². The summed E-state index contributed by atoms with van der Waals surface area (Å²) in [5, 5.41) is 2.17. The summed E-state index contributed by atoms with van der Waals surface area (Å²) in [6.07, 6.45) is 1.94. The Hall–Kier alpha value is -2.81. The quantitative estimate of drug-likeness (QED) is 0.730. The van der Waals surface area contributed by atoms with Crippen LogP contribution in [0.15, 0.2) is 12.1 Å². The van der Waals surface area contributed by atoms with Crippen LogP contribution < -0.4 is 10.2 Å². The van der Waals surface area contributed by atoms with Crippen LogP contribution >= 0.6 is 0 Å². The van der Waals surface area contributed by atoms with Crippen molar-refractivity contribution in [1.29, 1.82) is 0 Å². The lowest BCUT2D eigenvalue weighted by Gasteiger charge is -2.28. The third kappa shape index (κ3) is 2.75. The number of piperidine rings is 1. The Kier molecular flexibility index (Phi) is 4.22. The molecule has 1 N–H and O–H groups in total. The van der Waals surface area contributed by atoms with Crippen molar-refractivity contribution in [2.75, 3.05) is 24.6 Å². The van der Waals surface area contributed by atoms with Gasteiger partial charge in [-0.05, 0) is 38.3 Å². The molecule has 1 unspecified atom stereocenters. The van der Waals surface area contributed by atoms with E-state index in [0.717, 1.165) is 17.7 Å². The molecule has 3 saturated heterocycles. The van der Waals surface area contributed by atoms with Gasteiger partial charge in [0.2, 0.25) is 11.8 Å². The molecule has 0 radical (unpaired) electrons. The van der Waals surface area contributed by atoms with Crippen LogP contribution in [0.5, 0.6) is 0 Å². The number of amides is 4. The molecule has 1 aromatic carbocycles. The number of hydrogen-bond acceptors (Lipinski definition) is 6. The molecule has 3 fully saturated rings. The minimum absolute atomic E-state index is 0.00807. The number of fused-ring (bicyclic) bond motifs is 1. The summed E-state index contributed by atoms with van der Waals surface area (Å²) in [5.41, 5.74) is 0.146. The minimum atomic E-state index is -1.07. The molecule has 4 aliphatic rings. The van der Waals surface area contributed by atoms with Gasteiger partial charge in [-0.3, -0.25) is 29.4 Å². The van der Waals surface area contributed by atoms with E-state index in [0.29, 0.717) is 19.7 Å². The predicted molar refractivity (Wildman–Crippen MR) is 102 cm³/mol. The van der Waals surface area contributed by atoms with Crippen LogP contribution in [0.2, 0.25) is 0 Å². The van der Waals surface area contributed by atoms with Crippen LogP contribution in [0, 0.1) is 11.2 Å². The standard InChI is InChI=1S/C21H22FN3O5/c1-11-8-21(10-30-11)6-7-24(9-21)17-13(22)3-2-12-16(17)20(29)25(19(12)28)14-4-5-15(26)23-18(14)27/h2-3,11,14H,4-10H2,1H3,(H,23,26,27)/t11-,14?,21-/m1/s1. The smallest absolute Gasteiger partial charge is 0.264 e. The second-order valence-electron chi connectivity index (χ2n) is 8.76. The average Bonchev–Trinajstić information content (AvgIpc) is 3.34. The molecule has 0 aromatic heterocycles. The first-order valence-electron chi connectivity index (χ1n) is 10.2. The van der Waals surface area contributed by atoms with Gasteiger partial charge < -0.3 is 9.64 Å². The summed E-state index contributed by atoms with van der Waals surface area (Å²) >= 11 is 0. The SMILES string of the molecule is C[C@@H]1C[C@@]2(CCN(c3c(F)ccc4c3C(=O)N(C3CCC(=O)NC3=O)C4=O)C2)CO1. The largest absolute Gasteiger partial charge is 0.378 e. The third-order valence-corrected chi connectivity index (χ3v) is 6.68. The third-order valence-electron chi connectivity index (χ3n) is 6.68. The fourth-order valence-electron chi connectivity index (χ4n) is 5.28. The van der Waals surface area contributed by atoms with Crippen molar-refractivity contribution in [3.05, 3.63) is 29.1 Å². The van der Waals surface area contributed by atoms with Crippen LogP contribution in [0.1, 0.15) is 53.3 Å². The minimum Gasteiger partial charge on any atom is -0.378 e. The maximum atomic E-state index is 15.0. The summed E-state index contributed by atoms with van der Waals surface area (Å²) in [7, 11) is 0. The first-order chi connectivity index (χ1) is 14.3. The molecule has 5 rings (SSSR count). The van der Waals surface area contributed by atoms with Crippen LogP contribution in [0.4, 0.5) is 10.1 Å². The van der Waals surface area contributed by atoms with Gasteiger partial charge in [-0.25, -0.2) is 4.39 Å². The number of ether oxygens (including phenoxy) is 1. The van der Waals surface area contributed by atoms with Crippen molar-refractivity contribution < 1.29 is 28.3 Å². The van der Waals surface area contributed by atoms with Crippen LogP contribution in [0.3, 0.4) is 0 Å². The van der Waals surface area contributed by atoms with Gasteiger partial charge in [-0.1, -0.05) is 0 Å². The topological polar surface area (TPSA) is 96.0 Å². The lowest BCUT2D eigenvalue weighted by molar-refractivity contribution is -0.136. The van der Waals surface area contributed by atoms with E-state index in [1.54, 1.807) is 0 Å². The highest BCUT2D eigenvalue weighted by molar-refractivity contribution is 6.25. The molecule has 30 heavy (non-hydrogen) atoms. The van der Waals surface area contributed by atoms with Gasteiger partial charge in [-0.15, -0.1) is 0 Å². The zero-order valence-electron chi connectivity index (χ0n) is 16.6. The molecule has 3 atom stereocenters. The van der Waals surface area contributed by atoms with Crippen molar-refractivity contribution in [3.63, 3.8) is 0 Å². The molecule has 1 spiro atoms. The number of carbonyl (C=O) groups excluding carboxylic acids is 4. The van der Waals surface area contributed by atoms with Gasteiger partial charge in [0, 0.05) is 24.9 Å². The number of rotatable bonds is 2. The number of nitrogens with zero attached hydrogens (tertiary/aromatic N) is 2. The maximum Gasteiger partial charge on any atom is 0.264 e. The molecular weight excluding hydrogens is 393 g/mol. The second kappa shape index (κ2) is 6.60. The molecule has 0 saturated carbocycles. The zero-order valence-corrected chi connectivity index (χ0v) is 16.6. The van der Waals surface area contributed by atoms with Crippen molar-refractivity contribution in [1.82, 2.24) is 10.2 Å². The normalized spacial score (nSPS) is 31.1. The van der Waals surface area contributed by atoms with Gasteiger partial charge in [-0.2, -0.15) is 0 Å². The molecule has 9 heteroatoms. The Morgan fingerprint density at radius 2 is 2.00 bits per heavy atom. The van der Waals surface area contributed by atoms with Gasteiger partial charge >= 0.3 is 0 Å². The highest BCUT2D eigenvalue weighted by Crippen LogP contribution is 2.45. The lowest BCUT2D eigenvalue weighted by Crippen LogP contribution is -2.54. The Morgan fingerprint density at radius 1 is 1.20 bits per heavy atom. The van der Waals surface area contributed by atoms with Gasteiger partial charge in [0.25, 0.3) is 11.8 Å². The monoisotopic (exact) mass is 415 g/mol. The lowest BCUT2D eigenvalue weighted by atomic mass is 9.85. The Morgan fingerprint density at radius 3 is 2.70 bits per heavy atom. The molecule has 0 bridgehead atoms. The van der Waals surface area contributed by atoms with E-state index >= 15 is 0 Å². The predicted octanol–water partition coefficient (Wildman–Crippen LogP) is 1.23.